The van der Waals surface area contributed by atoms with Crippen LogP contribution >= 0.6 is 0 Å². The largest absolute Gasteiger partial charge is 0.318 e. The van der Waals surface area contributed by atoms with Crippen molar-refractivity contribution in [3.63, 3.8) is 0 Å². The lowest BCUT2D eigenvalue weighted by Gasteiger charge is -2.10. The second-order valence-electron chi connectivity index (χ2n) is 6.93. The minimum absolute atomic E-state index is 0.0223. The Labute approximate surface area is 178 Å². The molecule has 0 aliphatic carbocycles. The number of imidazole rings is 1. The van der Waals surface area contributed by atoms with Crippen molar-refractivity contribution in [3.8, 4) is 0 Å². The normalized spacial score (nSPS) is 11.0. The molecule has 0 spiro atoms. The van der Waals surface area contributed by atoms with Gasteiger partial charge in [0.15, 0.2) is 0 Å². The number of hydrogen-bond donors (Lipinski definition) is 2. The molecule has 0 atom stereocenters. The molecule has 0 aliphatic heterocycles. The monoisotopic (exact) mass is 421 g/mol. The molecule has 0 aliphatic rings. The number of unbranched alkanes of at least 4 members (excludes halogenated alkanes) is 1. The molecule has 3 rings (SSSR count). The molecule has 0 saturated heterocycles. The van der Waals surface area contributed by atoms with Crippen LogP contribution in [0.1, 0.15) is 31.2 Å². The lowest BCUT2D eigenvalue weighted by Crippen LogP contribution is -2.42. The Morgan fingerprint density at radius 3 is 2.74 bits per heavy atom. The van der Waals surface area contributed by atoms with Crippen molar-refractivity contribution in [3.05, 3.63) is 76.1 Å². The predicted octanol–water partition coefficient (Wildman–Crippen LogP) is 3.15. The van der Waals surface area contributed by atoms with E-state index < -0.39 is 16.7 Å². The quantitative estimate of drug-likeness (QED) is 0.329. The molecular weight excluding hydrogens is 398 g/mol. The average molecular weight is 421 g/mol. The van der Waals surface area contributed by atoms with Gasteiger partial charge in [0.1, 0.15) is 12.4 Å². The summed E-state index contributed by atoms with van der Waals surface area (Å²) in [6.45, 7) is 2.12. The Balaban J connectivity index is 1.60. The molecule has 2 N–H and O–H groups in total. The maximum atomic E-state index is 12.4. The zero-order valence-corrected chi connectivity index (χ0v) is 17.1. The van der Waals surface area contributed by atoms with Crippen molar-refractivity contribution in [2.24, 2.45) is 0 Å². The summed E-state index contributed by atoms with van der Waals surface area (Å²) in [6, 6.07) is 13.5. The van der Waals surface area contributed by atoms with Crippen LogP contribution in [0.15, 0.2) is 54.6 Å². The van der Waals surface area contributed by atoms with Gasteiger partial charge in [-0.15, -0.1) is 0 Å². The van der Waals surface area contributed by atoms with Gasteiger partial charge < -0.3 is 4.57 Å². The Bertz CT molecular complexity index is 1140. The third-order valence-corrected chi connectivity index (χ3v) is 4.62. The van der Waals surface area contributed by atoms with Crippen LogP contribution in [0, 0.1) is 10.1 Å². The molecule has 9 nitrogen and oxygen atoms in total. The van der Waals surface area contributed by atoms with Crippen molar-refractivity contribution in [1.29, 1.82) is 0 Å². The summed E-state index contributed by atoms with van der Waals surface area (Å²) in [7, 11) is 0. The van der Waals surface area contributed by atoms with E-state index in [1.165, 1.54) is 30.4 Å². The highest BCUT2D eigenvalue weighted by molar-refractivity contribution is 5.93. The number of nitrogens with one attached hydrogen (secondary N) is 2. The number of carbonyl (C=O) groups is 2. The third kappa shape index (κ3) is 5.75. The lowest BCUT2D eigenvalue weighted by molar-refractivity contribution is -0.384. The highest BCUT2D eigenvalue weighted by Crippen LogP contribution is 2.17. The van der Waals surface area contributed by atoms with Gasteiger partial charge in [-0.25, -0.2) is 4.98 Å². The number of aromatic nitrogens is 2. The molecule has 0 unspecified atom stereocenters. The molecule has 0 fully saturated rings. The molecule has 31 heavy (non-hydrogen) atoms. The number of para-hydroxylation sites is 2. The zero-order valence-electron chi connectivity index (χ0n) is 17.1. The number of aryl methyl sites for hydroxylation is 1. The number of benzene rings is 2. The summed E-state index contributed by atoms with van der Waals surface area (Å²) >= 11 is 0. The Morgan fingerprint density at radius 2 is 1.97 bits per heavy atom. The van der Waals surface area contributed by atoms with Crippen LogP contribution in [-0.2, 0) is 22.6 Å². The Kier molecular flexibility index (Phi) is 7.10. The van der Waals surface area contributed by atoms with Gasteiger partial charge in [0, 0.05) is 24.6 Å². The van der Waals surface area contributed by atoms with E-state index >= 15 is 0 Å². The van der Waals surface area contributed by atoms with E-state index in [0.29, 0.717) is 5.56 Å². The van der Waals surface area contributed by atoms with E-state index in [2.05, 4.69) is 22.8 Å². The van der Waals surface area contributed by atoms with E-state index in [-0.39, 0.29) is 12.2 Å². The molecule has 0 bridgehead atoms. The molecule has 9 heteroatoms. The fourth-order valence-corrected chi connectivity index (χ4v) is 3.10. The van der Waals surface area contributed by atoms with Gasteiger partial charge in [0.05, 0.1) is 16.0 Å². The standard InChI is InChI=1S/C22H23N5O4/c1-2-3-11-20-23-18-9-4-5-10-19(18)26(20)15-22(29)25-24-21(28)13-12-16-7-6-8-17(14-16)27(30)31/h4-10,12-14H,2-3,11,15H2,1H3,(H,24,28)(H,25,29)/b13-12+. The molecule has 0 radical (unpaired) electrons. The summed E-state index contributed by atoms with van der Waals surface area (Å²) < 4.78 is 1.85. The topological polar surface area (TPSA) is 119 Å². The molecular formula is C22H23N5O4. The number of fused-ring (bicyclic) bond motifs is 1. The van der Waals surface area contributed by atoms with Gasteiger partial charge in [-0.1, -0.05) is 37.6 Å². The SMILES string of the molecule is CCCCc1nc2ccccc2n1CC(=O)NNC(=O)/C=C/c1cccc([N+](=O)[O-])c1. The predicted molar refractivity (Wildman–Crippen MR) is 117 cm³/mol. The van der Waals surface area contributed by atoms with Crippen LogP contribution in [0.2, 0.25) is 0 Å². The lowest BCUT2D eigenvalue weighted by atomic mass is 10.2. The Morgan fingerprint density at radius 1 is 1.16 bits per heavy atom. The number of carbonyl (C=O) groups excluding carboxylic acids is 2. The smallest absolute Gasteiger partial charge is 0.270 e. The van der Waals surface area contributed by atoms with E-state index in [9.17, 15) is 19.7 Å². The fourth-order valence-electron chi connectivity index (χ4n) is 3.10. The van der Waals surface area contributed by atoms with Gasteiger partial charge in [-0.05, 0) is 30.2 Å². The van der Waals surface area contributed by atoms with Crippen LogP contribution in [-0.4, -0.2) is 26.3 Å². The highest BCUT2D eigenvalue weighted by Gasteiger charge is 2.13. The molecule has 3 aromatic rings. The second kappa shape index (κ2) is 10.1. The minimum atomic E-state index is -0.554. The molecule has 1 heterocycles. The van der Waals surface area contributed by atoms with Gasteiger partial charge in [0.2, 0.25) is 0 Å². The maximum absolute atomic E-state index is 12.4. The van der Waals surface area contributed by atoms with Crippen LogP contribution in [0.5, 0.6) is 0 Å². The minimum Gasteiger partial charge on any atom is -0.318 e. The van der Waals surface area contributed by atoms with E-state index in [1.54, 1.807) is 6.07 Å². The van der Waals surface area contributed by atoms with Crippen molar-refractivity contribution in [2.45, 2.75) is 32.7 Å². The molecule has 2 amide bonds. The first kappa shape index (κ1) is 21.7. The summed E-state index contributed by atoms with van der Waals surface area (Å²) in [5, 5.41) is 10.8. The summed E-state index contributed by atoms with van der Waals surface area (Å²) in [4.78, 5) is 39.3. The number of hydrazine groups is 1. The number of amides is 2. The van der Waals surface area contributed by atoms with E-state index in [4.69, 9.17) is 0 Å². The van der Waals surface area contributed by atoms with E-state index in [1.807, 2.05) is 28.8 Å². The maximum Gasteiger partial charge on any atom is 0.270 e. The third-order valence-electron chi connectivity index (χ3n) is 4.62. The van der Waals surface area contributed by atoms with Gasteiger partial charge in [0.25, 0.3) is 17.5 Å². The molecule has 1 aromatic heterocycles. The number of hydrogen-bond acceptors (Lipinski definition) is 5. The number of nitrogens with zero attached hydrogens (tertiary/aromatic N) is 3. The van der Waals surface area contributed by atoms with Crippen LogP contribution < -0.4 is 10.9 Å². The van der Waals surface area contributed by atoms with Crippen LogP contribution in [0.25, 0.3) is 17.1 Å². The Hall–Kier alpha value is -4.01. The number of non-ortho nitro benzene ring substituents is 1. The van der Waals surface area contributed by atoms with Crippen molar-refractivity contribution < 1.29 is 14.5 Å². The first-order valence-electron chi connectivity index (χ1n) is 9.93. The van der Waals surface area contributed by atoms with Gasteiger partial charge in [-0.3, -0.25) is 30.6 Å². The summed E-state index contributed by atoms with van der Waals surface area (Å²) in [5.41, 5.74) is 6.83. The molecule has 0 saturated carbocycles. The fraction of sp³-hybridized carbons (Fsp3) is 0.227. The number of nitro groups is 1. The molecule has 160 valence electrons. The van der Waals surface area contributed by atoms with Gasteiger partial charge >= 0.3 is 0 Å². The first-order chi connectivity index (χ1) is 15.0. The van der Waals surface area contributed by atoms with Gasteiger partial charge in [-0.2, -0.15) is 0 Å². The van der Waals surface area contributed by atoms with E-state index in [0.717, 1.165) is 36.1 Å². The average Bonchev–Trinajstić information content (AvgIpc) is 3.12. The van der Waals surface area contributed by atoms with Crippen LogP contribution in [0.3, 0.4) is 0 Å². The van der Waals surface area contributed by atoms with Crippen molar-refractivity contribution in [1.82, 2.24) is 20.4 Å². The van der Waals surface area contributed by atoms with Crippen LogP contribution in [0.4, 0.5) is 5.69 Å². The number of rotatable bonds is 8. The summed E-state index contributed by atoms with van der Waals surface area (Å²) in [5.74, 6) is -0.116. The first-order valence-corrected chi connectivity index (χ1v) is 9.93. The number of nitro benzene ring substituents is 1. The summed E-state index contributed by atoms with van der Waals surface area (Å²) in [6.07, 6.45) is 5.36. The van der Waals surface area contributed by atoms with Crippen molar-refractivity contribution in [2.75, 3.05) is 0 Å². The molecule has 2 aromatic carbocycles. The highest BCUT2D eigenvalue weighted by atomic mass is 16.6. The second-order valence-corrected chi connectivity index (χ2v) is 6.93. The zero-order chi connectivity index (χ0) is 22.2. The van der Waals surface area contributed by atoms with Crippen molar-refractivity contribution >= 4 is 34.6 Å².